The fourth-order valence-electron chi connectivity index (χ4n) is 3.00. The maximum Gasteiger partial charge on any atom is 0.219 e. The monoisotopic (exact) mass is 410 g/mol. The minimum atomic E-state index is -0.321. The number of aromatic nitrogens is 4. The highest BCUT2D eigenvalue weighted by Gasteiger charge is 2.22. The van der Waals surface area contributed by atoms with Crippen molar-refractivity contribution >= 4 is 29.2 Å². The predicted molar refractivity (Wildman–Crippen MR) is 111 cm³/mol. The van der Waals surface area contributed by atoms with Crippen LogP contribution < -0.4 is 21.5 Å². The number of nitriles is 1. The van der Waals surface area contributed by atoms with Gasteiger partial charge in [0.2, 0.25) is 5.95 Å². The average Bonchev–Trinajstić information content (AvgIpc) is 2.70. The van der Waals surface area contributed by atoms with E-state index < -0.39 is 0 Å². The molecule has 1 aromatic carbocycles. The number of rotatable bonds is 5. The molecule has 3 aromatic rings. The van der Waals surface area contributed by atoms with Gasteiger partial charge >= 0.3 is 0 Å². The van der Waals surface area contributed by atoms with Crippen LogP contribution in [0, 0.1) is 18.3 Å². The Kier molecular flexibility index (Phi) is 5.66. The molecule has 0 aliphatic rings. The van der Waals surface area contributed by atoms with Crippen LogP contribution in [0.3, 0.4) is 0 Å². The number of hydrogen-bond donors (Lipinski definition) is 3. The van der Waals surface area contributed by atoms with E-state index >= 15 is 0 Å². The predicted octanol–water partition coefficient (Wildman–Crippen LogP) is 3.11. The van der Waals surface area contributed by atoms with Crippen molar-refractivity contribution in [3.63, 3.8) is 0 Å². The number of nitrogens with zero attached hydrogens (tertiary/aromatic N) is 5. The molecule has 0 saturated heterocycles. The van der Waals surface area contributed by atoms with E-state index in [1.807, 2.05) is 26.0 Å². The summed E-state index contributed by atoms with van der Waals surface area (Å²) in [4.78, 5) is 16.1. The maximum absolute atomic E-state index is 9.36. The molecule has 0 fully saturated rings. The molecular formula is C19H19ClN8O. The molecule has 148 valence electrons. The van der Waals surface area contributed by atoms with E-state index in [1.165, 1.54) is 6.33 Å². The fourth-order valence-corrected chi connectivity index (χ4v) is 3.21. The Morgan fingerprint density at radius 2 is 1.90 bits per heavy atom. The number of ether oxygens (including phenoxy) is 1. The molecule has 29 heavy (non-hydrogen) atoms. The molecule has 0 aliphatic carbocycles. The molecule has 0 amide bonds. The van der Waals surface area contributed by atoms with E-state index in [-0.39, 0.29) is 23.4 Å². The lowest BCUT2D eigenvalue weighted by Crippen LogP contribution is -2.13. The van der Waals surface area contributed by atoms with Crippen LogP contribution in [0.25, 0.3) is 11.1 Å². The summed E-state index contributed by atoms with van der Waals surface area (Å²) in [6.07, 6.45) is 4.52. The Balaban J connectivity index is 2.11. The summed E-state index contributed by atoms with van der Waals surface area (Å²) in [6.45, 7) is 3.78. The van der Waals surface area contributed by atoms with E-state index in [9.17, 15) is 5.26 Å². The summed E-state index contributed by atoms with van der Waals surface area (Å²) >= 11 is 6.51. The van der Waals surface area contributed by atoms with Gasteiger partial charge in [-0.2, -0.15) is 5.26 Å². The number of halogens is 1. The van der Waals surface area contributed by atoms with E-state index in [4.69, 9.17) is 27.8 Å². The Bertz CT molecular complexity index is 1090. The molecule has 3 rings (SSSR count). The Hall–Kier alpha value is -3.64. The van der Waals surface area contributed by atoms with Gasteiger partial charge in [0, 0.05) is 34.1 Å². The highest BCUT2D eigenvalue weighted by Crippen LogP contribution is 2.42. The topological polar surface area (TPSA) is 149 Å². The molecule has 9 nitrogen and oxygen atoms in total. The molecule has 0 aliphatic heterocycles. The summed E-state index contributed by atoms with van der Waals surface area (Å²) in [5, 5.41) is 13.1. The van der Waals surface area contributed by atoms with Crippen molar-refractivity contribution in [1.82, 2.24) is 19.9 Å². The van der Waals surface area contributed by atoms with Crippen molar-refractivity contribution in [1.29, 1.82) is 5.26 Å². The van der Waals surface area contributed by atoms with Crippen LogP contribution >= 0.6 is 11.6 Å². The SMILES string of the molecule is COc1c(C(C)Nc2ncnc(N)c2C#N)cc(Cl)c(C)c1-c1cnc(N)nc1. The third-order valence-corrected chi connectivity index (χ3v) is 4.87. The van der Waals surface area contributed by atoms with Gasteiger partial charge in [-0.25, -0.2) is 19.9 Å². The van der Waals surface area contributed by atoms with E-state index in [1.54, 1.807) is 19.5 Å². The van der Waals surface area contributed by atoms with Crippen LogP contribution in [0.4, 0.5) is 17.6 Å². The molecule has 5 N–H and O–H groups in total. The first-order valence-corrected chi connectivity index (χ1v) is 8.97. The molecular weight excluding hydrogens is 392 g/mol. The molecule has 1 atom stereocenters. The van der Waals surface area contributed by atoms with Crippen LogP contribution in [0.15, 0.2) is 24.8 Å². The molecule has 1 unspecified atom stereocenters. The smallest absolute Gasteiger partial charge is 0.219 e. The lowest BCUT2D eigenvalue weighted by Gasteiger charge is -2.23. The number of anilines is 3. The number of nitrogens with one attached hydrogen (secondary N) is 1. The van der Waals surface area contributed by atoms with Gasteiger partial charge in [0.15, 0.2) is 0 Å². The van der Waals surface area contributed by atoms with Gasteiger partial charge in [0.05, 0.1) is 13.2 Å². The standard InChI is InChI=1S/C19H19ClN8O/c1-9-14(20)4-12(10(2)28-18-13(5-21)17(22)26-8-27-18)16(29-3)15(9)11-6-24-19(23)25-7-11/h4,6-8,10H,1-3H3,(H2,23,24,25)(H3,22,26,27,28). The van der Waals surface area contributed by atoms with Crippen LogP contribution in [0.5, 0.6) is 5.75 Å². The van der Waals surface area contributed by atoms with Gasteiger partial charge in [-0.05, 0) is 25.5 Å². The quantitative estimate of drug-likeness (QED) is 0.576. The highest BCUT2D eigenvalue weighted by molar-refractivity contribution is 6.32. The number of benzene rings is 1. The first-order valence-electron chi connectivity index (χ1n) is 8.59. The normalized spacial score (nSPS) is 11.6. The van der Waals surface area contributed by atoms with Gasteiger partial charge in [-0.1, -0.05) is 11.6 Å². The second-order valence-corrected chi connectivity index (χ2v) is 6.68. The highest BCUT2D eigenvalue weighted by atomic mass is 35.5. The van der Waals surface area contributed by atoms with Crippen molar-refractivity contribution in [3.05, 3.63) is 46.5 Å². The Morgan fingerprint density at radius 1 is 1.21 bits per heavy atom. The number of nitrogens with two attached hydrogens (primary N) is 2. The summed E-state index contributed by atoms with van der Waals surface area (Å²) in [5.41, 5.74) is 14.6. The number of nitrogen functional groups attached to an aromatic ring is 2. The molecule has 0 bridgehead atoms. The van der Waals surface area contributed by atoms with E-state index in [0.717, 1.165) is 16.7 Å². The van der Waals surface area contributed by atoms with Crippen molar-refractivity contribution in [3.8, 4) is 22.9 Å². The van der Waals surface area contributed by atoms with Crippen LogP contribution in [0.2, 0.25) is 5.02 Å². The summed E-state index contributed by atoms with van der Waals surface area (Å²) < 4.78 is 5.73. The van der Waals surface area contributed by atoms with E-state index in [0.29, 0.717) is 22.2 Å². The molecule has 2 aromatic heterocycles. The maximum atomic E-state index is 9.36. The van der Waals surface area contributed by atoms with Crippen LogP contribution in [-0.2, 0) is 0 Å². The zero-order chi connectivity index (χ0) is 21.1. The molecule has 0 saturated carbocycles. The van der Waals surface area contributed by atoms with Crippen molar-refractivity contribution in [2.45, 2.75) is 19.9 Å². The molecule has 2 heterocycles. The third-order valence-electron chi connectivity index (χ3n) is 4.48. The van der Waals surface area contributed by atoms with Gasteiger partial charge in [-0.3, -0.25) is 0 Å². The van der Waals surface area contributed by atoms with Crippen molar-refractivity contribution in [2.75, 3.05) is 23.9 Å². The molecule has 0 spiro atoms. The fraction of sp³-hybridized carbons (Fsp3) is 0.211. The zero-order valence-corrected chi connectivity index (χ0v) is 16.8. The van der Waals surface area contributed by atoms with Crippen molar-refractivity contribution in [2.24, 2.45) is 0 Å². The Labute approximate surface area is 172 Å². The van der Waals surface area contributed by atoms with Crippen molar-refractivity contribution < 1.29 is 4.74 Å². The van der Waals surface area contributed by atoms with E-state index in [2.05, 4.69) is 25.3 Å². The lowest BCUT2D eigenvalue weighted by molar-refractivity contribution is 0.409. The third kappa shape index (κ3) is 3.83. The lowest BCUT2D eigenvalue weighted by atomic mass is 9.95. The summed E-state index contributed by atoms with van der Waals surface area (Å²) in [6, 6.07) is 3.50. The minimum Gasteiger partial charge on any atom is -0.496 e. The number of methoxy groups -OCH3 is 1. The molecule has 0 radical (unpaired) electrons. The summed E-state index contributed by atoms with van der Waals surface area (Å²) in [7, 11) is 1.57. The first-order chi connectivity index (χ1) is 13.9. The largest absolute Gasteiger partial charge is 0.496 e. The second-order valence-electron chi connectivity index (χ2n) is 6.27. The van der Waals surface area contributed by atoms with Gasteiger partial charge in [-0.15, -0.1) is 0 Å². The second kappa shape index (κ2) is 8.16. The summed E-state index contributed by atoms with van der Waals surface area (Å²) in [5.74, 6) is 1.20. The minimum absolute atomic E-state index is 0.103. The average molecular weight is 411 g/mol. The van der Waals surface area contributed by atoms with Gasteiger partial charge < -0.3 is 21.5 Å². The first kappa shape index (κ1) is 20.1. The molecule has 10 heteroatoms. The Morgan fingerprint density at radius 3 is 2.52 bits per heavy atom. The van der Waals surface area contributed by atoms with Gasteiger partial charge in [0.25, 0.3) is 0 Å². The zero-order valence-electron chi connectivity index (χ0n) is 16.1. The van der Waals surface area contributed by atoms with Gasteiger partial charge in [0.1, 0.15) is 35.3 Å². The van der Waals surface area contributed by atoms with Crippen LogP contribution in [-0.4, -0.2) is 27.0 Å². The van der Waals surface area contributed by atoms with Crippen LogP contribution in [0.1, 0.15) is 29.7 Å². The number of hydrogen-bond acceptors (Lipinski definition) is 9.